The van der Waals surface area contributed by atoms with Crippen molar-refractivity contribution < 1.29 is 4.92 Å². The molecule has 0 atom stereocenters. The van der Waals surface area contributed by atoms with Crippen LogP contribution in [0.15, 0.2) is 29.2 Å². The van der Waals surface area contributed by atoms with Crippen LogP contribution in [-0.4, -0.2) is 9.12 Å². The molecule has 0 aliphatic rings. The molecular weight excluding hydrogens is 206 g/mol. The molecule has 1 rings (SSSR count). The van der Waals surface area contributed by atoms with Crippen LogP contribution in [0.25, 0.3) is 0 Å². The van der Waals surface area contributed by atoms with Crippen molar-refractivity contribution in [2.24, 2.45) is 0 Å². The number of nitro groups is 1. The molecule has 0 unspecified atom stereocenters. The van der Waals surface area contributed by atoms with Crippen molar-refractivity contribution in [2.45, 2.75) is 11.8 Å². The number of thioether (sulfide) groups is 1. The van der Waals surface area contributed by atoms with Gasteiger partial charge in [0, 0.05) is 21.2 Å². The number of thiocarbonyl (C=S) groups is 1. The number of rotatable bonds is 2. The molecule has 0 N–H and O–H groups in total. The van der Waals surface area contributed by atoms with Gasteiger partial charge in [-0.2, -0.15) is 0 Å². The first kappa shape index (κ1) is 10.1. The summed E-state index contributed by atoms with van der Waals surface area (Å²) >= 11 is 6.32. The third-order valence-electron chi connectivity index (χ3n) is 1.31. The highest BCUT2D eigenvalue weighted by atomic mass is 32.2. The van der Waals surface area contributed by atoms with Crippen LogP contribution in [0.2, 0.25) is 0 Å². The van der Waals surface area contributed by atoms with Crippen LogP contribution >= 0.6 is 24.0 Å². The summed E-state index contributed by atoms with van der Waals surface area (Å²) < 4.78 is 0.800. The van der Waals surface area contributed by atoms with Gasteiger partial charge in [-0.05, 0) is 19.1 Å². The number of hydrogen-bond acceptors (Lipinski definition) is 4. The van der Waals surface area contributed by atoms with Crippen LogP contribution in [0.3, 0.4) is 0 Å². The highest BCUT2D eigenvalue weighted by Crippen LogP contribution is 2.22. The zero-order chi connectivity index (χ0) is 9.84. The summed E-state index contributed by atoms with van der Waals surface area (Å²) in [6, 6.07) is 6.33. The maximum absolute atomic E-state index is 10.3. The summed E-state index contributed by atoms with van der Waals surface area (Å²) in [5, 5.41) is 10.3. The first-order chi connectivity index (χ1) is 6.09. The molecule has 1 aromatic carbocycles. The van der Waals surface area contributed by atoms with Crippen LogP contribution in [0, 0.1) is 10.1 Å². The Balaban J connectivity index is 2.81. The van der Waals surface area contributed by atoms with Crippen molar-refractivity contribution in [3.63, 3.8) is 0 Å². The first-order valence-electron chi connectivity index (χ1n) is 3.52. The van der Waals surface area contributed by atoms with Crippen molar-refractivity contribution in [3.8, 4) is 0 Å². The average Bonchev–Trinajstić information content (AvgIpc) is 2.04. The van der Waals surface area contributed by atoms with Crippen LogP contribution in [0.5, 0.6) is 0 Å². The molecule has 0 radical (unpaired) electrons. The van der Waals surface area contributed by atoms with Gasteiger partial charge in [0.2, 0.25) is 0 Å². The van der Waals surface area contributed by atoms with Gasteiger partial charge >= 0.3 is 0 Å². The quantitative estimate of drug-likeness (QED) is 0.328. The lowest BCUT2D eigenvalue weighted by atomic mass is 10.3. The van der Waals surface area contributed by atoms with Gasteiger partial charge in [0.05, 0.1) is 4.92 Å². The minimum atomic E-state index is -0.418. The molecule has 68 valence electrons. The van der Waals surface area contributed by atoms with Crippen LogP contribution in [-0.2, 0) is 0 Å². The van der Waals surface area contributed by atoms with Gasteiger partial charge in [0.1, 0.15) is 0 Å². The molecule has 0 saturated heterocycles. The fourth-order valence-corrected chi connectivity index (χ4v) is 1.69. The molecule has 13 heavy (non-hydrogen) atoms. The fraction of sp³-hybridized carbons (Fsp3) is 0.125. The highest BCUT2D eigenvalue weighted by molar-refractivity contribution is 8.23. The van der Waals surface area contributed by atoms with Gasteiger partial charge in [0.15, 0.2) is 0 Å². The largest absolute Gasteiger partial charge is 0.269 e. The molecule has 0 aliphatic heterocycles. The van der Waals surface area contributed by atoms with Gasteiger partial charge in [-0.1, -0.05) is 24.0 Å². The van der Waals surface area contributed by atoms with Crippen molar-refractivity contribution in [1.82, 2.24) is 0 Å². The zero-order valence-corrected chi connectivity index (χ0v) is 8.52. The topological polar surface area (TPSA) is 43.1 Å². The van der Waals surface area contributed by atoms with E-state index in [1.165, 1.54) is 23.9 Å². The Labute approximate surface area is 85.3 Å². The highest BCUT2D eigenvalue weighted by Gasteiger charge is 2.03. The molecule has 1 aromatic rings. The minimum absolute atomic E-state index is 0.103. The summed E-state index contributed by atoms with van der Waals surface area (Å²) in [5.41, 5.74) is 0.103. The van der Waals surface area contributed by atoms with Crippen molar-refractivity contribution in [2.75, 3.05) is 0 Å². The molecule has 0 spiro atoms. The molecule has 3 nitrogen and oxygen atoms in total. The number of hydrogen-bond donors (Lipinski definition) is 0. The van der Waals surface area contributed by atoms with E-state index in [1.54, 1.807) is 12.1 Å². The van der Waals surface area contributed by atoms with Crippen LogP contribution in [0.1, 0.15) is 6.92 Å². The molecular formula is C8H7NO2S2. The predicted molar refractivity (Wildman–Crippen MR) is 57.2 cm³/mol. The molecule has 0 bridgehead atoms. The summed E-state index contributed by atoms with van der Waals surface area (Å²) in [5.74, 6) is 0. The SMILES string of the molecule is CC(=S)Sc1ccc([N+](=O)[O-])cc1. The maximum Gasteiger partial charge on any atom is 0.269 e. The molecule has 5 heteroatoms. The third-order valence-corrected chi connectivity index (χ3v) is 2.35. The first-order valence-corrected chi connectivity index (χ1v) is 4.75. The molecule has 0 aromatic heterocycles. The van der Waals surface area contributed by atoms with Crippen molar-refractivity contribution in [3.05, 3.63) is 34.4 Å². The smallest absolute Gasteiger partial charge is 0.258 e. The van der Waals surface area contributed by atoms with E-state index in [2.05, 4.69) is 0 Å². The Morgan fingerprint density at radius 2 is 2.00 bits per heavy atom. The molecule has 0 aliphatic carbocycles. The van der Waals surface area contributed by atoms with Crippen molar-refractivity contribution in [1.29, 1.82) is 0 Å². The average molecular weight is 213 g/mol. The zero-order valence-electron chi connectivity index (χ0n) is 6.89. The number of nitrogens with zero attached hydrogens (tertiary/aromatic N) is 1. The lowest BCUT2D eigenvalue weighted by Crippen LogP contribution is -1.86. The van der Waals surface area contributed by atoms with Gasteiger partial charge < -0.3 is 0 Å². The predicted octanol–water partition coefficient (Wildman–Crippen LogP) is 3.03. The summed E-state index contributed by atoms with van der Waals surface area (Å²) in [6.45, 7) is 1.82. The summed E-state index contributed by atoms with van der Waals surface area (Å²) in [6.07, 6.45) is 0. The lowest BCUT2D eigenvalue weighted by molar-refractivity contribution is -0.384. The minimum Gasteiger partial charge on any atom is -0.258 e. The van der Waals surface area contributed by atoms with E-state index >= 15 is 0 Å². The standard InChI is InChI=1S/C8H7NO2S2/c1-6(12)13-8-4-2-7(3-5-8)9(10)11/h2-5H,1H3. The normalized spacial score (nSPS) is 9.62. The van der Waals surface area contributed by atoms with Crippen LogP contribution < -0.4 is 0 Å². The van der Waals surface area contributed by atoms with Gasteiger partial charge in [-0.3, -0.25) is 10.1 Å². The summed E-state index contributed by atoms with van der Waals surface area (Å²) in [4.78, 5) is 10.8. The summed E-state index contributed by atoms with van der Waals surface area (Å²) in [7, 11) is 0. The van der Waals surface area contributed by atoms with E-state index in [0.29, 0.717) is 0 Å². The lowest BCUT2D eigenvalue weighted by Gasteiger charge is -1.97. The van der Waals surface area contributed by atoms with Crippen molar-refractivity contribution >= 4 is 33.9 Å². The van der Waals surface area contributed by atoms with Gasteiger partial charge in [0.25, 0.3) is 5.69 Å². The molecule has 0 saturated carbocycles. The number of non-ortho nitro benzene ring substituents is 1. The monoisotopic (exact) mass is 213 g/mol. The molecule has 0 heterocycles. The Morgan fingerprint density at radius 3 is 2.38 bits per heavy atom. The van der Waals surface area contributed by atoms with Crippen LogP contribution in [0.4, 0.5) is 5.69 Å². The van der Waals surface area contributed by atoms with Gasteiger partial charge in [-0.25, -0.2) is 0 Å². The van der Waals surface area contributed by atoms with E-state index in [4.69, 9.17) is 12.2 Å². The fourth-order valence-electron chi connectivity index (χ4n) is 0.802. The number of nitro benzene ring substituents is 1. The Bertz CT molecular complexity index is 335. The van der Waals surface area contributed by atoms with E-state index in [9.17, 15) is 10.1 Å². The molecule has 0 amide bonds. The molecule has 0 fully saturated rings. The second-order valence-corrected chi connectivity index (χ2v) is 4.50. The Kier molecular flexibility index (Phi) is 3.39. The second kappa shape index (κ2) is 4.34. The van der Waals surface area contributed by atoms with Gasteiger partial charge in [-0.15, -0.1) is 0 Å². The van der Waals surface area contributed by atoms with E-state index < -0.39 is 4.92 Å². The Hall–Kier alpha value is -0.940. The van der Waals surface area contributed by atoms with E-state index in [-0.39, 0.29) is 5.69 Å². The third kappa shape index (κ3) is 3.12. The second-order valence-electron chi connectivity index (χ2n) is 2.34. The Morgan fingerprint density at radius 1 is 1.46 bits per heavy atom. The van der Waals surface area contributed by atoms with E-state index in [1.807, 2.05) is 6.92 Å². The maximum atomic E-state index is 10.3. The number of benzene rings is 1. The van der Waals surface area contributed by atoms with E-state index in [0.717, 1.165) is 9.09 Å².